The third kappa shape index (κ3) is 5.36. The average molecular weight is 457 g/mol. The number of ether oxygens (including phenoxy) is 3. The van der Waals surface area contributed by atoms with Crippen LogP contribution in [0.3, 0.4) is 0 Å². The van der Waals surface area contributed by atoms with Crippen molar-refractivity contribution in [1.82, 2.24) is 4.98 Å². The molecule has 4 rings (SSSR count). The van der Waals surface area contributed by atoms with Gasteiger partial charge in [-0.3, -0.25) is 4.79 Å². The van der Waals surface area contributed by atoms with Crippen LogP contribution in [0.5, 0.6) is 11.5 Å². The Morgan fingerprint density at radius 2 is 2.03 bits per heavy atom. The lowest BCUT2D eigenvalue weighted by molar-refractivity contribution is -0.113. The number of nitrogens with one attached hydrogen (secondary N) is 1. The van der Waals surface area contributed by atoms with E-state index in [1.54, 1.807) is 47.7 Å². The van der Waals surface area contributed by atoms with E-state index in [0.717, 1.165) is 17.1 Å². The van der Waals surface area contributed by atoms with Crippen LogP contribution < -0.4 is 14.8 Å². The largest absolute Gasteiger partial charge is 0.456 e. The Bertz CT molecular complexity index is 1100. The molecule has 2 aromatic carbocycles. The molecule has 0 atom stereocenters. The lowest BCUT2D eigenvalue weighted by Gasteiger charge is -2.09. The summed E-state index contributed by atoms with van der Waals surface area (Å²) in [7, 11) is 0. The summed E-state index contributed by atoms with van der Waals surface area (Å²) in [5.74, 6) is 0.769. The van der Waals surface area contributed by atoms with Crippen LogP contribution in [0.4, 0.5) is 5.69 Å². The molecule has 1 N–H and O–H groups in total. The maximum absolute atomic E-state index is 12.6. The summed E-state index contributed by atoms with van der Waals surface area (Å²) >= 11 is 2.83. The lowest BCUT2D eigenvalue weighted by Crippen LogP contribution is -2.14. The third-order valence-corrected chi connectivity index (χ3v) is 6.49. The minimum atomic E-state index is -0.440. The number of aryl methyl sites for hydroxylation is 1. The normalized spacial score (nSPS) is 11.9. The van der Waals surface area contributed by atoms with Crippen LogP contribution in [0.1, 0.15) is 28.0 Å². The Kier molecular flexibility index (Phi) is 6.73. The zero-order valence-electron chi connectivity index (χ0n) is 16.8. The van der Waals surface area contributed by atoms with Crippen LogP contribution in [0, 0.1) is 0 Å². The number of esters is 1. The van der Waals surface area contributed by atoms with E-state index in [0.29, 0.717) is 27.6 Å². The van der Waals surface area contributed by atoms with Gasteiger partial charge in [-0.25, -0.2) is 9.78 Å². The number of hydrogen-bond acceptors (Lipinski definition) is 8. The molecule has 0 radical (unpaired) electrons. The van der Waals surface area contributed by atoms with E-state index in [4.69, 9.17) is 14.2 Å². The van der Waals surface area contributed by atoms with Crippen LogP contribution >= 0.6 is 23.1 Å². The van der Waals surface area contributed by atoms with Crippen LogP contribution in [0.15, 0.2) is 52.7 Å². The Balaban J connectivity index is 1.33. The van der Waals surface area contributed by atoms with E-state index in [-0.39, 0.29) is 25.1 Å². The summed E-state index contributed by atoms with van der Waals surface area (Å²) in [6.07, 6.45) is 0.854. The number of hydrogen-bond donors (Lipinski definition) is 1. The first-order chi connectivity index (χ1) is 15.1. The van der Waals surface area contributed by atoms with Gasteiger partial charge in [0.2, 0.25) is 12.7 Å². The van der Waals surface area contributed by atoms with E-state index >= 15 is 0 Å². The molecule has 31 heavy (non-hydrogen) atoms. The van der Waals surface area contributed by atoms with Gasteiger partial charge in [-0.05, 0) is 30.7 Å². The van der Waals surface area contributed by atoms with Gasteiger partial charge in [0.05, 0.1) is 22.0 Å². The first kappa shape index (κ1) is 21.2. The highest BCUT2D eigenvalue weighted by Crippen LogP contribution is 2.34. The predicted molar refractivity (Wildman–Crippen MR) is 119 cm³/mol. The van der Waals surface area contributed by atoms with Crippen LogP contribution in [-0.4, -0.2) is 29.4 Å². The number of thiazole rings is 1. The van der Waals surface area contributed by atoms with Crippen LogP contribution in [0.2, 0.25) is 0 Å². The second-order valence-corrected chi connectivity index (χ2v) is 8.52. The maximum atomic E-state index is 12.6. The molecule has 3 aromatic rings. The van der Waals surface area contributed by atoms with Crippen molar-refractivity contribution in [2.75, 3.05) is 17.9 Å². The number of carbonyl (C=O) groups is 2. The molecule has 1 aromatic heterocycles. The van der Waals surface area contributed by atoms with Crippen molar-refractivity contribution < 1.29 is 23.8 Å². The molecule has 0 saturated carbocycles. The molecule has 0 spiro atoms. The van der Waals surface area contributed by atoms with Crippen molar-refractivity contribution in [3.63, 3.8) is 0 Å². The first-order valence-electron chi connectivity index (χ1n) is 9.64. The second kappa shape index (κ2) is 9.84. The fourth-order valence-corrected chi connectivity index (χ4v) is 4.44. The number of fused-ring (bicyclic) bond motifs is 1. The molecule has 7 nitrogen and oxygen atoms in total. The SMILES string of the molecule is CCc1nc(COC(=O)c2ccccc2SCC(=O)Nc2ccc3c(c2)OCO3)cs1. The molecule has 0 unspecified atom stereocenters. The quantitative estimate of drug-likeness (QED) is 0.394. The Morgan fingerprint density at radius 1 is 1.19 bits per heavy atom. The van der Waals surface area contributed by atoms with E-state index in [1.165, 1.54) is 11.8 Å². The number of anilines is 1. The summed E-state index contributed by atoms with van der Waals surface area (Å²) < 4.78 is 16.0. The smallest absolute Gasteiger partial charge is 0.339 e. The number of nitrogens with zero attached hydrogens (tertiary/aromatic N) is 1. The Labute approximate surface area is 187 Å². The fraction of sp³-hybridized carbons (Fsp3) is 0.227. The van der Waals surface area contributed by atoms with Gasteiger partial charge in [-0.1, -0.05) is 19.1 Å². The highest BCUT2D eigenvalue weighted by atomic mass is 32.2. The number of thioether (sulfide) groups is 1. The van der Waals surface area contributed by atoms with Crippen molar-refractivity contribution in [2.24, 2.45) is 0 Å². The van der Waals surface area contributed by atoms with Gasteiger partial charge in [0.1, 0.15) is 6.61 Å². The molecular weight excluding hydrogens is 436 g/mol. The Morgan fingerprint density at radius 3 is 2.87 bits per heavy atom. The van der Waals surface area contributed by atoms with Gasteiger partial charge < -0.3 is 19.5 Å². The van der Waals surface area contributed by atoms with Gasteiger partial charge in [-0.2, -0.15) is 0 Å². The van der Waals surface area contributed by atoms with Crippen LogP contribution in [0.25, 0.3) is 0 Å². The van der Waals surface area contributed by atoms with E-state index in [2.05, 4.69) is 10.3 Å². The van der Waals surface area contributed by atoms with Gasteiger partial charge in [0.25, 0.3) is 0 Å². The van der Waals surface area contributed by atoms with Crippen molar-refractivity contribution in [3.8, 4) is 11.5 Å². The lowest BCUT2D eigenvalue weighted by atomic mass is 10.2. The van der Waals surface area contributed by atoms with Gasteiger partial charge >= 0.3 is 5.97 Å². The van der Waals surface area contributed by atoms with Gasteiger partial charge in [-0.15, -0.1) is 23.1 Å². The number of rotatable bonds is 8. The summed E-state index contributed by atoms with van der Waals surface area (Å²) in [6, 6.07) is 12.3. The van der Waals surface area contributed by atoms with Crippen molar-refractivity contribution in [1.29, 1.82) is 0 Å². The first-order valence-corrected chi connectivity index (χ1v) is 11.5. The molecule has 0 saturated heterocycles. The van der Waals surface area contributed by atoms with E-state index in [1.807, 2.05) is 18.4 Å². The standard InChI is InChI=1S/C22H20N2O5S2/c1-2-21-24-15(11-31-21)10-27-22(26)16-5-3-4-6-19(16)30-12-20(25)23-14-7-8-17-18(9-14)29-13-28-17/h3-9,11H,2,10,12-13H2,1H3,(H,23,25). The summed E-state index contributed by atoms with van der Waals surface area (Å²) in [4.78, 5) is 30.0. The van der Waals surface area contributed by atoms with Crippen molar-refractivity contribution >= 4 is 40.7 Å². The fourth-order valence-electron chi connectivity index (χ4n) is 2.87. The molecule has 1 amide bonds. The summed E-state index contributed by atoms with van der Waals surface area (Å²) in [6.45, 7) is 2.33. The van der Waals surface area contributed by atoms with Gasteiger partial charge in [0, 0.05) is 22.0 Å². The third-order valence-electron chi connectivity index (χ3n) is 4.37. The molecular formula is C22H20N2O5S2. The van der Waals surface area contributed by atoms with Crippen LogP contribution in [-0.2, 0) is 22.6 Å². The van der Waals surface area contributed by atoms with E-state index in [9.17, 15) is 9.59 Å². The molecule has 0 aliphatic carbocycles. The minimum Gasteiger partial charge on any atom is -0.456 e. The maximum Gasteiger partial charge on any atom is 0.339 e. The molecule has 2 heterocycles. The summed E-state index contributed by atoms with van der Waals surface area (Å²) in [5.41, 5.74) is 1.79. The number of amides is 1. The van der Waals surface area contributed by atoms with Crippen molar-refractivity contribution in [2.45, 2.75) is 24.8 Å². The molecule has 1 aliphatic heterocycles. The molecule has 0 fully saturated rings. The molecule has 9 heteroatoms. The number of aromatic nitrogens is 1. The molecule has 0 bridgehead atoms. The molecule has 160 valence electrons. The highest BCUT2D eigenvalue weighted by Gasteiger charge is 2.17. The summed E-state index contributed by atoms with van der Waals surface area (Å²) in [5, 5.41) is 5.73. The second-order valence-electron chi connectivity index (χ2n) is 6.56. The Hall–Kier alpha value is -3.04. The minimum absolute atomic E-state index is 0.124. The zero-order chi connectivity index (χ0) is 21.6. The zero-order valence-corrected chi connectivity index (χ0v) is 18.4. The predicted octanol–water partition coefficient (Wildman–Crippen LogP) is 4.52. The van der Waals surface area contributed by atoms with E-state index < -0.39 is 5.97 Å². The molecule has 1 aliphatic rings. The van der Waals surface area contributed by atoms with Gasteiger partial charge in [0.15, 0.2) is 11.5 Å². The number of carbonyl (C=O) groups excluding carboxylic acids is 2. The highest BCUT2D eigenvalue weighted by molar-refractivity contribution is 8.00. The van der Waals surface area contributed by atoms with Crippen molar-refractivity contribution in [3.05, 3.63) is 64.1 Å². The topological polar surface area (TPSA) is 86.8 Å². The monoisotopic (exact) mass is 456 g/mol. The average Bonchev–Trinajstić information content (AvgIpc) is 3.45. The number of benzene rings is 2.